The Morgan fingerprint density at radius 2 is 2.30 bits per heavy atom. The van der Waals surface area contributed by atoms with Crippen LogP contribution in [0.25, 0.3) is 5.69 Å². The lowest BCUT2D eigenvalue weighted by molar-refractivity contribution is 0.0940. The lowest BCUT2D eigenvalue weighted by Crippen LogP contribution is -2.27. The van der Waals surface area contributed by atoms with Crippen molar-refractivity contribution in [1.82, 2.24) is 15.1 Å². The first kappa shape index (κ1) is 14.6. The maximum absolute atomic E-state index is 11.8. The smallest absolute Gasteiger partial charge is 0.271 e. The molecular weight excluding hydrogens is 278 g/mol. The van der Waals surface area contributed by atoms with Crippen molar-refractivity contribution < 1.29 is 9.90 Å². The highest BCUT2D eigenvalue weighted by molar-refractivity contribution is 6.30. The molecule has 0 fully saturated rings. The van der Waals surface area contributed by atoms with Crippen LogP contribution in [0.15, 0.2) is 36.5 Å². The van der Waals surface area contributed by atoms with Crippen LogP contribution in [0.2, 0.25) is 5.02 Å². The molecule has 2 N–H and O–H groups in total. The summed E-state index contributed by atoms with van der Waals surface area (Å²) in [6.07, 6.45) is 1.79. The van der Waals surface area contributed by atoms with Crippen LogP contribution in [0.3, 0.4) is 0 Å². The summed E-state index contributed by atoms with van der Waals surface area (Å²) in [5.41, 5.74) is 1.12. The van der Waals surface area contributed by atoms with Crippen LogP contribution in [-0.4, -0.2) is 33.4 Å². The third kappa shape index (κ3) is 3.82. The van der Waals surface area contributed by atoms with Gasteiger partial charge in [0.1, 0.15) is 0 Å². The van der Waals surface area contributed by atoms with Gasteiger partial charge in [-0.1, -0.05) is 17.7 Å². The number of halogens is 1. The molecule has 0 aliphatic heterocycles. The first-order valence-corrected chi connectivity index (χ1v) is 6.72. The van der Waals surface area contributed by atoms with E-state index in [1.54, 1.807) is 36.0 Å². The minimum absolute atomic E-state index is 0.258. The highest BCUT2D eigenvalue weighted by Gasteiger charge is 2.10. The Labute approximate surface area is 122 Å². The fourth-order valence-corrected chi connectivity index (χ4v) is 1.88. The number of nitrogens with one attached hydrogen (secondary N) is 1. The van der Waals surface area contributed by atoms with Gasteiger partial charge in [-0.3, -0.25) is 4.79 Å². The van der Waals surface area contributed by atoms with E-state index >= 15 is 0 Å². The van der Waals surface area contributed by atoms with Crippen molar-refractivity contribution in [2.45, 2.75) is 19.4 Å². The molecule has 2 rings (SSSR count). The predicted molar refractivity (Wildman–Crippen MR) is 77.2 cm³/mol. The highest BCUT2D eigenvalue weighted by atomic mass is 35.5. The third-order valence-corrected chi connectivity index (χ3v) is 2.98. The maximum atomic E-state index is 11.8. The van der Waals surface area contributed by atoms with E-state index in [4.69, 9.17) is 16.7 Å². The summed E-state index contributed by atoms with van der Waals surface area (Å²) < 4.78 is 1.59. The molecule has 0 spiro atoms. The lowest BCUT2D eigenvalue weighted by Gasteiger charge is -2.05. The number of carbonyl (C=O) groups is 1. The second-order valence-electron chi connectivity index (χ2n) is 4.52. The molecule has 6 heteroatoms. The molecule has 0 bridgehead atoms. The number of amides is 1. The molecule has 20 heavy (non-hydrogen) atoms. The van der Waals surface area contributed by atoms with Gasteiger partial charge in [-0.25, -0.2) is 4.68 Å². The Balaban J connectivity index is 2.03. The highest BCUT2D eigenvalue weighted by Crippen LogP contribution is 2.14. The monoisotopic (exact) mass is 293 g/mol. The summed E-state index contributed by atoms with van der Waals surface area (Å²) in [6, 6.07) is 8.86. The summed E-state index contributed by atoms with van der Waals surface area (Å²) in [7, 11) is 0. The summed E-state index contributed by atoms with van der Waals surface area (Å²) in [5, 5.41) is 16.7. The molecule has 1 heterocycles. The lowest BCUT2D eigenvalue weighted by atomic mass is 10.3. The van der Waals surface area contributed by atoms with Gasteiger partial charge in [-0.05, 0) is 37.6 Å². The molecule has 0 saturated heterocycles. The number of rotatable bonds is 5. The van der Waals surface area contributed by atoms with Gasteiger partial charge in [0.2, 0.25) is 0 Å². The van der Waals surface area contributed by atoms with Crippen molar-refractivity contribution >= 4 is 17.5 Å². The molecular formula is C14H16ClN3O2. The summed E-state index contributed by atoms with van der Waals surface area (Å²) in [5.74, 6) is -0.258. The molecule has 0 radical (unpaired) electrons. The first-order chi connectivity index (χ1) is 9.56. The van der Waals surface area contributed by atoms with Gasteiger partial charge in [0.05, 0.1) is 11.8 Å². The molecule has 2 aromatic rings. The number of hydrogen-bond acceptors (Lipinski definition) is 3. The van der Waals surface area contributed by atoms with Gasteiger partial charge in [0, 0.05) is 17.8 Å². The second-order valence-corrected chi connectivity index (χ2v) is 4.96. The normalized spacial score (nSPS) is 12.2. The fourth-order valence-electron chi connectivity index (χ4n) is 1.69. The summed E-state index contributed by atoms with van der Waals surface area (Å²) >= 11 is 5.92. The standard InChI is InChI=1S/C14H16ClN3O2/c1-10(19)5-7-16-14(20)13-6-8-18(17-13)12-4-2-3-11(15)9-12/h2-4,6,8-10,19H,5,7H2,1H3,(H,16,20). The average Bonchev–Trinajstić information content (AvgIpc) is 2.87. The van der Waals surface area contributed by atoms with Gasteiger partial charge in [0.25, 0.3) is 5.91 Å². The van der Waals surface area contributed by atoms with Crippen molar-refractivity contribution in [1.29, 1.82) is 0 Å². The van der Waals surface area contributed by atoms with Crippen LogP contribution >= 0.6 is 11.6 Å². The van der Waals surface area contributed by atoms with Gasteiger partial charge in [0.15, 0.2) is 5.69 Å². The molecule has 1 unspecified atom stereocenters. The Kier molecular flexibility index (Phi) is 4.76. The number of carbonyl (C=O) groups excluding carboxylic acids is 1. The molecule has 1 amide bonds. The van der Waals surface area contributed by atoms with Crippen molar-refractivity contribution in [2.24, 2.45) is 0 Å². The number of nitrogens with zero attached hydrogens (tertiary/aromatic N) is 2. The van der Waals surface area contributed by atoms with Crippen LogP contribution in [-0.2, 0) is 0 Å². The molecule has 0 aliphatic rings. The van der Waals surface area contributed by atoms with E-state index in [1.165, 1.54) is 0 Å². The maximum Gasteiger partial charge on any atom is 0.271 e. The zero-order valence-electron chi connectivity index (χ0n) is 11.1. The predicted octanol–water partition coefficient (Wildman–Crippen LogP) is 2.03. The molecule has 1 aromatic carbocycles. The van der Waals surface area contributed by atoms with Crippen LogP contribution in [0.4, 0.5) is 0 Å². The van der Waals surface area contributed by atoms with Gasteiger partial charge >= 0.3 is 0 Å². The molecule has 0 saturated carbocycles. The first-order valence-electron chi connectivity index (χ1n) is 6.34. The van der Waals surface area contributed by atoms with E-state index in [9.17, 15) is 4.79 Å². The zero-order chi connectivity index (χ0) is 14.5. The van der Waals surface area contributed by atoms with Gasteiger partial charge in [-0.15, -0.1) is 0 Å². The largest absolute Gasteiger partial charge is 0.393 e. The van der Waals surface area contributed by atoms with E-state index in [-0.39, 0.29) is 5.91 Å². The zero-order valence-corrected chi connectivity index (χ0v) is 11.8. The average molecular weight is 294 g/mol. The summed E-state index contributed by atoms with van der Waals surface area (Å²) in [6.45, 7) is 2.10. The van der Waals surface area contributed by atoms with Gasteiger partial charge < -0.3 is 10.4 Å². The quantitative estimate of drug-likeness (QED) is 0.886. The van der Waals surface area contributed by atoms with E-state index in [0.29, 0.717) is 23.7 Å². The van der Waals surface area contributed by atoms with Crippen LogP contribution < -0.4 is 5.32 Å². The summed E-state index contributed by atoms with van der Waals surface area (Å²) in [4.78, 5) is 11.8. The fraction of sp³-hybridized carbons (Fsp3) is 0.286. The van der Waals surface area contributed by atoms with Crippen molar-refractivity contribution in [3.8, 4) is 5.69 Å². The van der Waals surface area contributed by atoms with Gasteiger partial charge in [-0.2, -0.15) is 5.10 Å². The van der Waals surface area contributed by atoms with E-state index in [2.05, 4.69) is 10.4 Å². The minimum Gasteiger partial charge on any atom is -0.393 e. The van der Waals surface area contributed by atoms with E-state index in [0.717, 1.165) is 5.69 Å². The number of benzene rings is 1. The number of aliphatic hydroxyl groups excluding tert-OH is 1. The molecule has 0 aliphatic carbocycles. The molecule has 1 atom stereocenters. The van der Waals surface area contributed by atoms with Crippen LogP contribution in [0.1, 0.15) is 23.8 Å². The van der Waals surface area contributed by atoms with Crippen LogP contribution in [0, 0.1) is 0 Å². The minimum atomic E-state index is -0.431. The van der Waals surface area contributed by atoms with Crippen molar-refractivity contribution in [3.05, 3.63) is 47.2 Å². The van der Waals surface area contributed by atoms with Crippen LogP contribution in [0.5, 0.6) is 0 Å². The SMILES string of the molecule is CC(O)CCNC(=O)c1ccn(-c2cccc(Cl)c2)n1. The van der Waals surface area contributed by atoms with Crippen molar-refractivity contribution in [2.75, 3.05) is 6.54 Å². The second kappa shape index (κ2) is 6.54. The number of aromatic nitrogens is 2. The Morgan fingerprint density at radius 1 is 1.50 bits per heavy atom. The Morgan fingerprint density at radius 3 is 3.00 bits per heavy atom. The molecule has 5 nitrogen and oxygen atoms in total. The molecule has 106 valence electrons. The number of hydrogen-bond donors (Lipinski definition) is 2. The van der Waals surface area contributed by atoms with Crippen molar-refractivity contribution in [3.63, 3.8) is 0 Å². The van der Waals surface area contributed by atoms with E-state index in [1.807, 2.05) is 12.1 Å². The Hall–Kier alpha value is -1.85. The topological polar surface area (TPSA) is 67.2 Å². The molecule has 1 aromatic heterocycles. The number of aliphatic hydroxyl groups is 1. The Bertz CT molecular complexity index is 596. The third-order valence-electron chi connectivity index (χ3n) is 2.74. The van der Waals surface area contributed by atoms with E-state index < -0.39 is 6.10 Å².